The number of ether oxygens (including phenoxy) is 1. The monoisotopic (exact) mass is 226 g/mol. The van der Waals surface area contributed by atoms with Gasteiger partial charge in [0.25, 0.3) is 0 Å². The third kappa shape index (κ3) is 2.51. The second-order valence-electron chi connectivity index (χ2n) is 4.22. The Morgan fingerprint density at radius 2 is 2.25 bits per heavy atom. The fourth-order valence-corrected chi connectivity index (χ4v) is 1.76. The quantitative estimate of drug-likeness (QED) is 0.798. The molecule has 1 aliphatic rings. The Labute approximate surface area is 94.6 Å². The zero-order valence-electron chi connectivity index (χ0n) is 9.64. The lowest BCUT2D eigenvalue weighted by Crippen LogP contribution is -2.30. The van der Waals surface area contributed by atoms with Gasteiger partial charge in [-0.2, -0.15) is 0 Å². The molecule has 1 saturated heterocycles. The van der Waals surface area contributed by atoms with E-state index in [1.54, 1.807) is 6.92 Å². The van der Waals surface area contributed by atoms with Crippen LogP contribution in [0.15, 0.2) is 4.42 Å². The van der Waals surface area contributed by atoms with Crippen molar-refractivity contribution in [2.75, 3.05) is 11.9 Å². The van der Waals surface area contributed by atoms with Crippen LogP contribution < -0.4 is 11.1 Å². The highest BCUT2D eigenvalue weighted by atomic mass is 16.5. The minimum Gasteiger partial charge on any atom is -0.406 e. The van der Waals surface area contributed by atoms with Crippen molar-refractivity contribution in [2.24, 2.45) is 5.73 Å². The molecule has 0 saturated carbocycles. The zero-order valence-corrected chi connectivity index (χ0v) is 9.64. The van der Waals surface area contributed by atoms with E-state index in [-0.39, 0.29) is 18.2 Å². The van der Waals surface area contributed by atoms with Gasteiger partial charge in [0.05, 0.1) is 18.2 Å². The summed E-state index contributed by atoms with van der Waals surface area (Å²) in [5.74, 6) is 0.446. The van der Waals surface area contributed by atoms with Crippen LogP contribution in [0.25, 0.3) is 0 Å². The van der Waals surface area contributed by atoms with Gasteiger partial charge in [-0.1, -0.05) is 5.10 Å². The topological polar surface area (TPSA) is 86.2 Å². The van der Waals surface area contributed by atoms with Gasteiger partial charge < -0.3 is 20.2 Å². The Balaban J connectivity index is 1.92. The molecule has 16 heavy (non-hydrogen) atoms. The van der Waals surface area contributed by atoms with Crippen LogP contribution in [0.1, 0.15) is 38.6 Å². The van der Waals surface area contributed by atoms with Gasteiger partial charge in [-0.05, 0) is 26.7 Å². The molecule has 0 aromatic carbocycles. The second kappa shape index (κ2) is 4.80. The van der Waals surface area contributed by atoms with Gasteiger partial charge >= 0.3 is 6.01 Å². The van der Waals surface area contributed by atoms with E-state index in [0.717, 1.165) is 19.4 Å². The summed E-state index contributed by atoms with van der Waals surface area (Å²) in [5.41, 5.74) is 5.63. The van der Waals surface area contributed by atoms with Crippen LogP contribution in [-0.4, -0.2) is 29.0 Å². The molecule has 0 amide bonds. The van der Waals surface area contributed by atoms with E-state index < -0.39 is 0 Å². The van der Waals surface area contributed by atoms with Crippen LogP contribution in [0.4, 0.5) is 6.01 Å². The highest BCUT2D eigenvalue weighted by Gasteiger charge is 2.23. The molecule has 0 spiro atoms. The molecule has 1 aromatic heterocycles. The lowest BCUT2D eigenvalue weighted by Gasteiger charge is -2.18. The predicted molar refractivity (Wildman–Crippen MR) is 59.0 cm³/mol. The van der Waals surface area contributed by atoms with Gasteiger partial charge in [-0.15, -0.1) is 5.10 Å². The number of nitrogens with one attached hydrogen (secondary N) is 1. The maximum absolute atomic E-state index is 5.63. The molecule has 3 N–H and O–H groups in total. The normalized spacial score (nSPS) is 24.3. The Hall–Kier alpha value is -1.14. The van der Waals surface area contributed by atoms with Crippen molar-refractivity contribution in [1.82, 2.24) is 10.2 Å². The van der Waals surface area contributed by atoms with Crippen molar-refractivity contribution in [1.29, 1.82) is 0 Å². The summed E-state index contributed by atoms with van der Waals surface area (Å²) in [7, 11) is 0. The third-order valence-corrected chi connectivity index (χ3v) is 2.70. The van der Waals surface area contributed by atoms with Crippen LogP contribution in [-0.2, 0) is 4.74 Å². The Bertz CT molecular complexity index is 333. The van der Waals surface area contributed by atoms with Gasteiger partial charge in [0.1, 0.15) is 0 Å². The molecular weight excluding hydrogens is 208 g/mol. The Morgan fingerprint density at radius 3 is 2.81 bits per heavy atom. The largest absolute Gasteiger partial charge is 0.406 e. The summed E-state index contributed by atoms with van der Waals surface area (Å²) in [6.07, 6.45) is 2.42. The molecule has 3 atom stereocenters. The van der Waals surface area contributed by atoms with E-state index in [0.29, 0.717) is 11.9 Å². The highest BCUT2D eigenvalue weighted by molar-refractivity contribution is 5.20. The minimum atomic E-state index is -0.235. The number of aromatic nitrogens is 2. The van der Waals surface area contributed by atoms with E-state index in [1.807, 2.05) is 6.92 Å². The van der Waals surface area contributed by atoms with Gasteiger partial charge in [-0.25, -0.2) is 0 Å². The highest BCUT2D eigenvalue weighted by Crippen LogP contribution is 2.19. The Kier molecular flexibility index (Phi) is 3.40. The van der Waals surface area contributed by atoms with Crippen molar-refractivity contribution in [2.45, 2.75) is 44.9 Å². The number of nitrogens with two attached hydrogens (primary N) is 1. The SMILES string of the molecule is CC(N)c1nnc(NC(C)C2CCCO2)o1. The molecule has 6 nitrogen and oxygen atoms in total. The number of nitrogens with zero attached hydrogens (tertiary/aromatic N) is 2. The van der Waals surface area contributed by atoms with Crippen LogP contribution in [0.5, 0.6) is 0 Å². The molecule has 1 aromatic rings. The molecule has 0 aliphatic carbocycles. The summed E-state index contributed by atoms with van der Waals surface area (Å²) >= 11 is 0. The number of hydrogen-bond donors (Lipinski definition) is 2. The first-order valence-corrected chi connectivity index (χ1v) is 5.64. The van der Waals surface area contributed by atoms with Crippen LogP contribution in [0, 0.1) is 0 Å². The average Bonchev–Trinajstić information content (AvgIpc) is 2.87. The van der Waals surface area contributed by atoms with Crippen molar-refractivity contribution >= 4 is 6.01 Å². The van der Waals surface area contributed by atoms with Crippen molar-refractivity contribution in [3.05, 3.63) is 5.89 Å². The molecule has 90 valence electrons. The molecule has 1 fully saturated rings. The maximum Gasteiger partial charge on any atom is 0.315 e. The summed E-state index contributed by atoms with van der Waals surface area (Å²) in [5, 5.41) is 10.9. The lowest BCUT2D eigenvalue weighted by molar-refractivity contribution is 0.0989. The molecule has 3 unspecified atom stereocenters. The first kappa shape index (κ1) is 11.3. The van der Waals surface area contributed by atoms with E-state index in [9.17, 15) is 0 Å². The lowest BCUT2D eigenvalue weighted by atomic mass is 10.1. The molecule has 6 heteroatoms. The standard InChI is InChI=1S/C10H18N4O2/c1-6(11)9-13-14-10(16-9)12-7(2)8-4-3-5-15-8/h6-8H,3-5,11H2,1-2H3,(H,12,14). The maximum atomic E-state index is 5.63. The van der Waals surface area contributed by atoms with Crippen molar-refractivity contribution < 1.29 is 9.15 Å². The van der Waals surface area contributed by atoms with E-state index >= 15 is 0 Å². The van der Waals surface area contributed by atoms with E-state index in [1.165, 1.54) is 0 Å². The molecule has 2 rings (SSSR count). The smallest absolute Gasteiger partial charge is 0.315 e. The van der Waals surface area contributed by atoms with Gasteiger partial charge in [0.2, 0.25) is 5.89 Å². The fraction of sp³-hybridized carbons (Fsp3) is 0.800. The minimum absolute atomic E-state index is 0.170. The summed E-state index contributed by atoms with van der Waals surface area (Å²) in [4.78, 5) is 0. The molecular formula is C10H18N4O2. The van der Waals surface area contributed by atoms with Gasteiger partial charge in [-0.3, -0.25) is 0 Å². The van der Waals surface area contributed by atoms with Gasteiger partial charge in [0, 0.05) is 6.61 Å². The number of hydrogen-bond acceptors (Lipinski definition) is 6. The first-order chi connectivity index (χ1) is 7.66. The van der Waals surface area contributed by atoms with Gasteiger partial charge in [0.15, 0.2) is 0 Å². The predicted octanol–water partition coefficient (Wildman–Crippen LogP) is 1.07. The van der Waals surface area contributed by atoms with Crippen molar-refractivity contribution in [3.8, 4) is 0 Å². The average molecular weight is 226 g/mol. The molecule has 1 aliphatic heterocycles. The fourth-order valence-electron chi connectivity index (χ4n) is 1.76. The first-order valence-electron chi connectivity index (χ1n) is 5.64. The molecule has 0 radical (unpaired) electrons. The summed E-state index contributed by atoms with van der Waals surface area (Å²) in [6.45, 7) is 4.69. The van der Waals surface area contributed by atoms with Crippen molar-refractivity contribution in [3.63, 3.8) is 0 Å². The Morgan fingerprint density at radius 1 is 1.44 bits per heavy atom. The summed E-state index contributed by atoms with van der Waals surface area (Å²) < 4.78 is 10.9. The zero-order chi connectivity index (χ0) is 11.5. The second-order valence-corrected chi connectivity index (χ2v) is 4.22. The van der Waals surface area contributed by atoms with Crippen LogP contribution >= 0.6 is 0 Å². The number of anilines is 1. The molecule has 2 heterocycles. The van der Waals surface area contributed by atoms with Crippen LogP contribution in [0.2, 0.25) is 0 Å². The van der Waals surface area contributed by atoms with E-state index in [4.69, 9.17) is 14.9 Å². The van der Waals surface area contributed by atoms with E-state index in [2.05, 4.69) is 15.5 Å². The third-order valence-electron chi connectivity index (χ3n) is 2.70. The number of rotatable bonds is 4. The molecule has 0 bridgehead atoms. The van der Waals surface area contributed by atoms with Crippen LogP contribution in [0.3, 0.4) is 0 Å². The summed E-state index contributed by atoms with van der Waals surface area (Å²) in [6, 6.07) is 0.347.